The summed E-state index contributed by atoms with van der Waals surface area (Å²) in [5.41, 5.74) is 0. The molecular weight excluding hydrogens is 268 g/mol. The lowest BCUT2D eigenvalue weighted by Gasteiger charge is -2.42. The second-order valence-corrected chi connectivity index (χ2v) is 8.12. The number of carbonyl (C=O) groups excluding carboxylic acids is 1. The van der Waals surface area contributed by atoms with E-state index in [1.165, 1.54) is 51.4 Å². The Morgan fingerprint density at radius 1 is 1.20 bits per heavy atom. The number of carbonyl (C=O) groups is 1. The predicted molar refractivity (Wildman–Crippen MR) is 85.1 cm³/mol. The molecule has 3 rings (SSSR count). The first-order valence-corrected chi connectivity index (χ1v) is 9.55. The van der Waals surface area contributed by atoms with Crippen LogP contribution in [0.3, 0.4) is 0 Å². The highest BCUT2D eigenvalue weighted by molar-refractivity contribution is 8.00. The molecule has 1 saturated heterocycles. The Labute approximate surface area is 127 Å². The summed E-state index contributed by atoms with van der Waals surface area (Å²) in [5, 5.41) is 3.54. The topological polar surface area (TPSA) is 32.3 Å². The van der Waals surface area contributed by atoms with Gasteiger partial charge in [-0.2, -0.15) is 11.8 Å². The maximum Gasteiger partial charge on any atom is 0.239 e. The van der Waals surface area contributed by atoms with E-state index in [0.717, 1.165) is 19.5 Å². The summed E-state index contributed by atoms with van der Waals surface area (Å²) in [7, 11) is 0. The Morgan fingerprint density at radius 3 is 2.60 bits per heavy atom. The van der Waals surface area contributed by atoms with E-state index < -0.39 is 0 Å². The van der Waals surface area contributed by atoms with Crippen molar-refractivity contribution in [2.24, 2.45) is 0 Å². The minimum Gasteiger partial charge on any atom is -0.340 e. The van der Waals surface area contributed by atoms with Crippen LogP contribution in [0.2, 0.25) is 0 Å². The number of amides is 1. The van der Waals surface area contributed by atoms with Crippen LogP contribution in [0.4, 0.5) is 0 Å². The molecule has 0 spiro atoms. The Bertz CT molecular complexity index is 350. The Morgan fingerprint density at radius 2 is 1.95 bits per heavy atom. The quantitative estimate of drug-likeness (QED) is 0.847. The second-order valence-electron chi connectivity index (χ2n) is 6.84. The van der Waals surface area contributed by atoms with Gasteiger partial charge in [-0.25, -0.2) is 0 Å². The summed E-state index contributed by atoms with van der Waals surface area (Å²) in [6, 6.07) is 0.742. The van der Waals surface area contributed by atoms with Gasteiger partial charge in [-0.3, -0.25) is 4.79 Å². The Hall–Kier alpha value is -0.220. The maximum atomic E-state index is 12.7. The van der Waals surface area contributed by atoms with E-state index >= 15 is 0 Å². The molecule has 1 N–H and O–H groups in total. The number of hydrogen-bond acceptors (Lipinski definition) is 3. The van der Waals surface area contributed by atoms with Crippen LogP contribution >= 0.6 is 11.8 Å². The van der Waals surface area contributed by atoms with Crippen molar-refractivity contribution in [3.8, 4) is 0 Å². The van der Waals surface area contributed by atoms with Gasteiger partial charge in [0, 0.05) is 23.9 Å². The van der Waals surface area contributed by atoms with Gasteiger partial charge in [0.05, 0.1) is 6.04 Å². The molecule has 0 radical (unpaired) electrons. The van der Waals surface area contributed by atoms with E-state index in [0.29, 0.717) is 16.7 Å². The number of nitrogens with one attached hydrogen (secondary N) is 1. The molecule has 0 aromatic carbocycles. The van der Waals surface area contributed by atoms with Crippen LogP contribution in [0, 0.1) is 0 Å². The van der Waals surface area contributed by atoms with Crippen molar-refractivity contribution in [2.75, 3.05) is 19.3 Å². The third-order valence-corrected chi connectivity index (χ3v) is 6.63. The van der Waals surface area contributed by atoms with Gasteiger partial charge in [-0.05, 0) is 44.8 Å². The molecule has 3 aliphatic rings. The average Bonchev–Trinajstić information content (AvgIpc) is 3.28. The largest absolute Gasteiger partial charge is 0.340 e. The van der Waals surface area contributed by atoms with Gasteiger partial charge in [-0.1, -0.05) is 19.3 Å². The lowest BCUT2D eigenvalue weighted by molar-refractivity contribution is -0.136. The number of rotatable bonds is 5. The number of thioether (sulfide) groups is 1. The van der Waals surface area contributed by atoms with E-state index in [4.69, 9.17) is 0 Å². The summed E-state index contributed by atoms with van der Waals surface area (Å²) in [6.07, 6.45) is 13.6. The SMILES string of the molecule is CSC1(CN2CCCC(NC3CC3)C2=O)CCCCC1. The van der Waals surface area contributed by atoms with Gasteiger partial charge in [0.1, 0.15) is 0 Å². The van der Waals surface area contributed by atoms with Crippen molar-refractivity contribution < 1.29 is 4.79 Å². The number of nitrogens with zero attached hydrogens (tertiary/aromatic N) is 1. The summed E-state index contributed by atoms with van der Waals surface area (Å²) in [5.74, 6) is 0.377. The minimum absolute atomic E-state index is 0.110. The second kappa shape index (κ2) is 6.27. The molecule has 1 amide bonds. The zero-order chi connectivity index (χ0) is 14.0. The Kier molecular flexibility index (Phi) is 4.61. The van der Waals surface area contributed by atoms with E-state index in [9.17, 15) is 4.79 Å². The van der Waals surface area contributed by atoms with Gasteiger partial charge in [0.2, 0.25) is 5.91 Å². The highest BCUT2D eigenvalue weighted by Crippen LogP contribution is 2.39. The van der Waals surface area contributed by atoms with E-state index in [1.54, 1.807) is 0 Å². The van der Waals surface area contributed by atoms with Crippen molar-refractivity contribution in [3.63, 3.8) is 0 Å². The molecule has 20 heavy (non-hydrogen) atoms. The fourth-order valence-electron chi connectivity index (χ4n) is 3.76. The molecule has 114 valence electrons. The summed E-state index contributed by atoms with van der Waals surface area (Å²) in [6.45, 7) is 1.96. The summed E-state index contributed by atoms with van der Waals surface area (Å²) in [4.78, 5) is 14.8. The monoisotopic (exact) mass is 296 g/mol. The molecule has 1 heterocycles. The van der Waals surface area contributed by atoms with Crippen LogP contribution in [0.15, 0.2) is 0 Å². The summed E-state index contributed by atoms with van der Waals surface area (Å²) < 4.78 is 0.343. The standard InChI is InChI=1S/C16H28N2OS/c1-20-16(9-3-2-4-10-16)12-18-11-5-6-14(15(18)19)17-13-7-8-13/h13-14,17H,2-12H2,1H3. The third-order valence-electron chi connectivity index (χ3n) is 5.22. The van der Waals surface area contributed by atoms with Gasteiger partial charge in [-0.15, -0.1) is 0 Å². The van der Waals surface area contributed by atoms with Gasteiger partial charge < -0.3 is 10.2 Å². The third kappa shape index (κ3) is 3.33. The molecule has 4 heteroatoms. The number of hydrogen-bond donors (Lipinski definition) is 1. The lowest BCUT2D eigenvalue weighted by atomic mass is 9.87. The van der Waals surface area contributed by atoms with Crippen LogP contribution in [-0.2, 0) is 4.79 Å². The zero-order valence-electron chi connectivity index (χ0n) is 12.7. The van der Waals surface area contributed by atoms with E-state index in [1.807, 2.05) is 11.8 Å². The highest BCUT2D eigenvalue weighted by Gasteiger charge is 2.38. The first-order chi connectivity index (χ1) is 9.72. The molecular formula is C16H28N2OS. The van der Waals surface area contributed by atoms with Gasteiger partial charge in [0.25, 0.3) is 0 Å². The molecule has 1 aliphatic heterocycles. The maximum absolute atomic E-state index is 12.7. The van der Waals surface area contributed by atoms with E-state index in [2.05, 4.69) is 16.5 Å². The normalized spacial score (nSPS) is 30.6. The fraction of sp³-hybridized carbons (Fsp3) is 0.938. The molecule has 1 unspecified atom stereocenters. The average molecular weight is 296 g/mol. The van der Waals surface area contributed by atoms with Crippen LogP contribution < -0.4 is 5.32 Å². The van der Waals surface area contributed by atoms with Crippen LogP contribution in [0.5, 0.6) is 0 Å². The summed E-state index contributed by atoms with van der Waals surface area (Å²) >= 11 is 2.00. The molecule has 0 aromatic rings. The van der Waals surface area contributed by atoms with Crippen LogP contribution in [0.1, 0.15) is 57.8 Å². The first kappa shape index (κ1) is 14.7. The number of piperidine rings is 1. The molecule has 3 fully saturated rings. The number of likely N-dealkylation sites (tertiary alicyclic amines) is 1. The molecule has 2 aliphatic carbocycles. The highest BCUT2D eigenvalue weighted by atomic mass is 32.2. The van der Waals surface area contributed by atoms with Crippen molar-refractivity contribution >= 4 is 17.7 Å². The molecule has 1 atom stereocenters. The molecule has 2 saturated carbocycles. The Balaban J connectivity index is 1.61. The van der Waals surface area contributed by atoms with Crippen LogP contribution in [0.25, 0.3) is 0 Å². The van der Waals surface area contributed by atoms with Crippen molar-refractivity contribution in [1.29, 1.82) is 0 Å². The molecule has 0 aromatic heterocycles. The first-order valence-electron chi connectivity index (χ1n) is 8.32. The van der Waals surface area contributed by atoms with Crippen molar-refractivity contribution in [2.45, 2.75) is 74.6 Å². The van der Waals surface area contributed by atoms with E-state index in [-0.39, 0.29) is 6.04 Å². The van der Waals surface area contributed by atoms with Crippen molar-refractivity contribution in [3.05, 3.63) is 0 Å². The predicted octanol–water partition coefficient (Wildman–Crippen LogP) is 2.80. The minimum atomic E-state index is 0.110. The zero-order valence-corrected chi connectivity index (χ0v) is 13.5. The molecule has 0 bridgehead atoms. The fourth-order valence-corrected chi connectivity index (χ4v) is 4.74. The smallest absolute Gasteiger partial charge is 0.239 e. The van der Waals surface area contributed by atoms with Gasteiger partial charge >= 0.3 is 0 Å². The van der Waals surface area contributed by atoms with Crippen molar-refractivity contribution in [1.82, 2.24) is 10.2 Å². The lowest BCUT2D eigenvalue weighted by Crippen LogP contribution is -2.55. The van der Waals surface area contributed by atoms with Gasteiger partial charge in [0.15, 0.2) is 0 Å². The van der Waals surface area contributed by atoms with Crippen LogP contribution in [-0.4, -0.2) is 47.0 Å². The molecule has 3 nitrogen and oxygen atoms in total.